The fourth-order valence-electron chi connectivity index (χ4n) is 3.18. The summed E-state index contributed by atoms with van der Waals surface area (Å²) in [7, 11) is 0. The van der Waals surface area contributed by atoms with Gasteiger partial charge in [-0.1, -0.05) is 18.2 Å². The molecule has 27 heavy (non-hydrogen) atoms. The Balaban J connectivity index is 1.52. The standard InChI is InChI=1S/C18H22N6O3/c19-16-15-17(22-11-21-16)24(14-7-6-13(10-25)27-14)18(23-15)20-8-9-26-12-4-2-1-3-5-12/h1-5,11,13-14,25H,6-10H2,(H,20,23)(H2,19,21,22). The third-order valence-electron chi connectivity index (χ3n) is 4.48. The number of nitrogens with zero attached hydrogens (tertiary/aromatic N) is 4. The molecule has 1 aliphatic heterocycles. The normalized spacial score (nSPS) is 19.4. The van der Waals surface area contributed by atoms with E-state index in [1.807, 2.05) is 34.9 Å². The molecule has 3 heterocycles. The first kappa shape index (κ1) is 17.5. The molecule has 2 atom stereocenters. The lowest BCUT2D eigenvalue weighted by atomic mass is 10.2. The van der Waals surface area contributed by atoms with Crippen molar-refractivity contribution in [3.8, 4) is 5.75 Å². The highest BCUT2D eigenvalue weighted by atomic mass is 16.5. The summed E-state index contributed by atoms with van der Waals surface area (Å²) in [5.74, 6) is 1.73. The minimum absolute atomic E-state index is 0.00602. The van der Waals surface area contributed by atoms with E-state index in [0.717, 1.165) is 18.6 Å². The van der Waals surface area contributed by atoms with Gasteiger partial charge in [0.1, 0.15) is 24.9 Å². The van der Waals surface area contributed by atoms with Gasteiger partial charge in [-0.25, -0.2) is 15.0 Å². The van der Waals surface area contributed by atoms with Gasteiger partial charge in [-0.3, -0.25) is 4.57 Å². The monoisotopic (exact) mass is 370 g/mol. The number of fused-ring (bicyclic) bond motifs is 1. The first-order valence-corrected chi connectivity index (χ1v) is 8.92. The Labute approximate surface area is 156 Å². The molecule has 0 saturated carbocycles. The molecule has 9 heteroatoms. The van der Waals surface area contributed by atoms with Crippen LogP contribution in [-0.4, -0.2) is 50.5 Å². The van der Waals surface area contributed by atoms with E-state index in [1.165, 1.54) is 6.33 Å². The highest BCUT2D eigenvalue weighted by Crippen LogP contribution is 2.34. The summed E-state index contributed by atoms with van der Waals surface area (Å²) in [5, 5.41) is 12.6. The van der Waals surface area contributed by atoms with Crippen LogP contribution in [0.15, 0.2) is 36.7 Å². The third kappa shape index (κ3) is 3.64. The van der Waals surface area contributed by atoms with Crippen LogP contribution in [-0.2, 0) is 4.74 Å². The van der Waals surface area contributed by atoms with E-state index in [1.54, 1.807) is 0 Å². The summed E-state index contributed by atoms with van der Waals surface area (Å²) in [4.78, 5) is 12.9. The molecule has 1 fully saturated rings. The number of aromatic nitrogens is 4. The molecule has 1 aromatic carbocycles. The number of aliphatic hydroxyl groups excluding tert-OH is 1. The van der Waals surface area contributed by atoms with Gasteiger partial charge in [0.25, 0.3) is 0 Å². The van der Waals surface area contributed by atoms with E-state index in [9.17, 15) is 5.11 Å². The van der Waals surface area contributed by atoms with Crippen LogP contribution in [0.5, 0.6) is 5.75 Å². The number of nitrogen functional groups attached to an aromatic ring is 1. The molecule has 2 aromatic heterocycles. The largest absolute Gasteiger partial charge is 0.492 e. The van der Waals surface area contributed by atoms with Crippen LogP contribution in [0.2, 0.25) is 0 Å². The Morgan fingerprint density at radius 2 is 2.11 bits per heavy atom. The molecule has 0 bridgehead atoms. The molecule has 1 aliphatic rings. The average molecular weight is 370 g/mol. The van der Waals surface area contributed by atoms with Crippen molar-refractivity contribution < 1.29 is 14.6 Å². The Hall–Kier alpha value is -2.91. The summed E-state index contributed by atoms with van der Waals surface area (Å²) >= 11 is 0. The number of para-hydroxylation sites is 1. The fourth-order valence-corrected chi connectivity index (χ4v) is 3.18. The number of hydrogen-bond acceptors (Lipinski definition) is 8. The van der Waals surface area contributed by atoms with Gasteiger partial charge < -0.3 is 25.6 Å². The maximum Gasteiger partial charge on any atom is 0.207 e. The Kier molecular flexibility index (Phi) is 5.03. The summed E-state index contributed by atoms with van der Waals surface area (Å²) in [6.07, 6.45) is 2.50. The van der Waals surface area contributed by atoms with Gasteiger partial charge in [0.15, 0.2) is 17.0 Å². The average Bonchev–Trinajstić information content (AvgIpc) is 3.31. The van der Waals surface area contributed by atoms with Gasteiger partial charge in [0, 0.05) is 0 Å². The molecule has 2 unspecified atom stereocenters. The van der Waals surface area contributed by atoms with Crippen molar-refractivity contribution in [2.75, 3.05) is 30.8 Å². The molecule has 0 amide bonds. The molecule has 9 nitrogen and oxygen atoms in total. The third-order valence-corrected chi connectivity index (χ3v) is 4.48. The lowest BCUT2D eigenvalue weighted by Gasteiger charge is -2.17. The van der Waals surface area contributed by atoms with Gasteiger partial charge in [-0.05, 0) is 25.0 Å². The molecule has 1 saturated heterocycles. The van der Waals surface area contributed by atoms with Crippen molar-refractivity contribution in [2.45, 2.75) is 25.2 Å². The first-order chi connectivity index (χ1) is 13.3. The molecule has 0 aliphatic carbocycles. The number of ether oxygens (including phenoxy) is 2. The summed E-state index contributed by atoms with van der Waals surface area (Å²) in [6, 6.07) is 9.62. The van der Waals surface area contributed by atoms with E-state index >= 15 is 0 Å². The summed E-state index contributed by atoms with van der Waals surface area (Å²) in [5.41, 5.74) is 7.10. The van der Waals surface area contributed by atoms with Crippen LogP contribution in [0.25, 0.3) is 11.2 Å². The van der Waals surface area contributed by atoms with Crippen molar-refractivity contribution in [3.05, 3.63) is 36.7 Å². The second-order valence-electron chi connectivity index (χ2n) is 6.30. The maximum atomic E-state index is 9.36. The number of nitrogens with two attached hydrogens (primary N) is 1. The molecular weight excluding hydrogens is 348 g/mol. The lowest BCUT2D eigenvalue weighted by molar-refractivity contribution is -0.0197. The number of aliphatic hydroxyl groups is 1. The molecular formula is C18H22N6O3. The second kappa shape index (κ2) is 7.77. The molecule has 3 aromatic rings. The van der Waals surface area contributed by atoms with Crippen LogP contribution < -0.4 is 15.8 Å². The zero-order valence-electron chi connectivity index (χ0n) is 14.8. The molecule has 4 N–H and O–H groups in total. The van der Waals surface area contributed by atoms with Crippen LogP contribution >= 0.6 is 0 Å². The van der Waals surface area contributed by atoms with Crippen LogP contribution in [0.4, 0.5) is 11.8 Å². The molecule has 0 spiro atoms. The van der Waals surface area contributed by atoms with E-state index in [4.69, 9.17) is 15.2 Å². The van der Waals surface area contributed by atoms with E-state index in [2.05, 4.69) is 20.3 Å². The number of benzene rings is 1. The Bertz CT molecular complexity index is 901. The summed E-state index contributed by atoms with van der Waals surface area (Å²) < 4.78 is 13.5. The van der Waals surface area contributed by atoms with E-state index in [-0.39, 0.29) is 18.9 Å². The predicted molar refractivity (Wildman–Crippen MR) is 100 cm³/mol. The van der Waals surface area contributed by atoms with Crippen molar-refractivity contribution in [2.24, 2.45) is 0 Å². The van der Waals surface area contributed by atoms with Crippen molar-refractivity contribution >= 4 is 22.9 Å². The minimum atomic E-state index is -0.265. The summed E-state index contributed by atoms with van der Waals surface area (Å²) in [6.45, 7) is 1.01. The number of anilines is 2. The van der Waals surface area contributed by atoms with Crippen LogP contribution in [0.3, 0.4) is 0 Å². The maximum absolute atomic E-state index is 9.36. The highest BCUT2D eigenvalue weighted by molar-refractivity contribution is 5.84. The van der Waals surface area contributed by atoms with E-state index < -0.39 is 0 Å². The number of hydrogen-bond donors (Lipinski definition) is 3. The fraction of sp³-hybridized carbons (Fsp3) is 0.389. The minimum Gasteiger partial charge on any atom is -0.492 e. The van der Waals surface area contributed by atoms with Gasteiger partial charge in [-0.2, -0.15) is 0 Å². The molecule has 0 radical (unpaired) electrons. The first-order valence-electron chi connectivity index (χ1n) is 8.92. The second-order valence-corrected chi connectivity index (χ2v) is 6.30. The SMILES string of the molecule is Nc1ncnc2c1nc(NCCOc1ccccc1)n2C1CCC(CO)O1. The van der Waals surface area contributed by atoms with Crippen LogP contribution in [0, 0.1) is 0 Å². The van der Waals surface area contributed by atoms with Gasteiger partial charge >= 0.3 is 0 Å². The van der Waals surface area contributed by atoms with Gasteiger partial charge in [0.2, 0.25) is 5.95 Å². The highest BCUT2D eigenvalue weighted by Gasteiger charge is 2.30. The topological polar surface area (TPSA) is 120 Å². The van der Waals surface area contributed by atoms with Gasteiger partial charge in [-0.15, -0.1) is 0 Å². The zero-order chi connectivity index (χ0) is 18.6. The zero-order valence-corrected chi connectivity index (χ0v) is 14.8. The van der Waals surface area contributed by atoms with Crippen molar-refractivity contribution in [1.29, 1.82) is 0 Å². The Morgan fingerprint density at radius 3 is 2.89 bits per heavy atom. The smallest absolute Gasteiger partial charge is 0.207 e. The predicted octanol–water partition coefficient (Wildman–Crippen LogP) is 1.57. The number of nitrogens with one attached hydrogen (secondary N) is 1. The van der Waals surface area contributed by atoms with Crippen molar-refractivity contribution in [3.63, 3.8) is 0 Å². The van der Waals surface area contributed by atoms with Crippen LogP contribution in [0.1, 0.15) is 19.1 Å². The lowest BCUT2D eigenvalue weighted by Crippen LogP contribution is -2.19. The number of imidazole rings is 1. The number of rotatable bonds is 7. The van der Waals surface area contributed by atoms with E-state index in [0.29, 0.717) is 36.1 Å². The molecule has 4 rings (SSSR count). The Morgan fingerprint density at radius 1 is 1.26 bits per heavy atom. The van der Waals surface area contributed by atoms with Gasteiger partial charge in [0.05, 0.1) is 19.3 Å². The van der Waals surface area contributed by atoms with Crippen molar-refractivity contribution in [1.82, 2.24) is 19.5 Å². The molecule has 142 valence electrons. The quantitative estimate of drug-likeness (QED) is 0.536.